The number of nitrogens with one attached hydrogen (secondary N) is 2. The molecular formula is C26H31ClF3N3OS. The maximum atomic E-state index is 12.8. The molecule has 0 radical (unpaired) electrons. The fourth-order valence-corrected chi connectivity index (χ4v) is 5.27. The minimum Gasteiger partial charge on any atom is -0.494 e. The SMILES string of the molecule is FC(F)(F)C1CCN(CCCOc2ccc(SNCCCc3c[nH]c4ccc(Cl)cc34)cc2)CC1. The van der Waals surface area contributed by atoms with Crippen LogP contribution < -0.4 is 9.46 Å². The number of aromatic nitrogens is 1. The molecule has 0 amide bonds. The van der Waals surface area contributed by atoms with Gasteiger partial charge in [0.25, 0.3) is 0 Å². The summed E-state index contributed by atoms with van der Waals surface area (Å²) in [4.78, 5) is 6.51. The first-order valence-electron chi connectivity index (χ1n) is 12.1. The normalized spacial score (nSPS) is 15.7. The Morgan fingerprint density at radius 2 is 1.86 bits per heavy atom. The van der Waals surface area contributed by atoms with Crippen LogP contribution in [0.4, 0.5) is 13.2 Å². The first-order chi connectivity index (χ1) is 16.9. The molecule has 9 heteroatoms. The Morgan fingerprint density at radius 1 is 1.09 bits per heavy atom. The fraction of sp³-hybridized carbons (Fsp3) is 0.462. The number of aromatic amines is 1. The van der Waals surface area contributed by atoms with Crippen LogP contribution >= 0.6 is 23.5 Å². The molecule has 4 nitrogen and oxygen atoms in total. The molecule has 1 aromatic heterocycles. The lowest BCUT2D eigenvalue weighted by molar-refractivity contribution is -0.185. The summed E-state index contributed by atoms with van der Waals surface area (Å²) in [5, 5.41) is 1.94. The number of ether oxygens (including phenoxy) is 1. The molecule has 0 aliphatic carbocycles. The third-order valence-corrected chi connectivity index (χ3v) is 7.50. The fourth-order valence-electron chi connectivity index (χ4n) is 4.41. The van der Waals surface area contributed by atoms with Crippen LogP contribution in [0, 0.1) is 5.92 Å². The number of rotatable bonds is 11. The van der Waals surface area contributed by atoms with Gasteiger partial charge in [-0.05, 0) is 105 Å². The van der Waals surface area contributed by atoms with Crippen LogP contribution in [0.15, 0.2) is 53.6 Å². The van der Waals surface area contributed by atoms with Gasteiger partial charge in [-0.1, -0.05) is 11.6 Å². The molecule has 0 spiro atoms. The molecule has 2 heterocycles. The summed E-state index contributed by atoms with van der Waals surface area (Å²) < 4.78 is 47.5. The summed E-state index contributed by atoms with van der Waals surface area (Å²) in [6.45, 7) is 3.24. The van der Waals surface area contributed by atoms with Crippen molar-refractivity contribution in [2.45, 2.75) is 43.2 Å². The smallest absolute Gasteiger partial charge is 0.391 e. The topological polar surface area (TPSA) is 40.3 Å². The number of nitrogens with zero attached hydrogens (tertiary/aromatic N) is 1. The summed E-state index contributed by atoms with van der Waals surface area (Å²) in [6.07, 6.45) is 1.20. The maximum absolute atomic E-state index is 12.8. The summed E-state index contributed by atoms with van der Waals surface area (Å²) in [7, 11) is 0. The second-order valence-electron chi connectivity index (χ2n) is 8.93. The lowest BCUT2D eigenvalue weighted by Gasteiger charge is -2.32. The van der Waals surface area contributed by atoms with Gasteiger partial charge < -0.3 is 14.6 Å². The number of piperidine rings is 1. The standard InChI is InChI=1S/C26H31ClF3N3OS/c27-21-4-9-25-24(17-21)19(18-31-25)3-1-12-32-35-23-7-5-22(6-8-23)34-16-2-13-33-14-10-20(11-15-33)26(28,29)30/h4-9,17-18,20,31-32H,1-3,10-16H2. The van der Waals surface area contributed by atoms with Gasteiger partial charge in [0.2, 0.25) is 0 Å². The second kappa shape index (κ2) is 12.4. The summed E-state index contributed by atoms with van der Waals surface area (Å²) in [5.41, 5.74) is 2.39. The minimum absolute atomic E-state index is 0.204. The van der Waals surface area contributed by atoms with Gasteiger partial charge in [0.15, 0.2) is 0 Å². The third-order valence-electron chi connectivity index (χ3n) is 6.41. The Kier molecular flexibility index (Phi) is 9.27. The Hall–Kier alpha value is -1.87. The summed E-state index contributed by atoms with van der Waals surface area (Å²) in [5.74, 6) is -0.330. The first-order valence-corrected chi connectivity index (χ1v) is 13.2. The monoisotopic (exact) mass is 525 g/mol. The Labute approximate surface area is 213 Å². The van der Waals surface area contributed by atoms with E-state index < -0.39 is 12.1 Å². The van der Waals surface area contributed by atoms with E-state index >= 15 is 0 Å². The number of alkyl halides is 3. The molecule has 2 aromatic carbocycles. The van der Waals surface area contributed by atoms with Crippen LogP contribution in [0.3, 0.4) is 0 Å². The van der Waals surface area contributed by atoms with E-state index in [-0.39, 0.29) is 12.8 Å². The molecular weight excluding hydrogens is 495 g/mol. The summed E-state index contributed by atoms with van der Waals surface area (Å²) in [6, 6.07) is 13.9. The number of H-pyrrole nitrogens is 1. The van der Waals surface area contributed by atoms with E-state index in [0.717, 1.165) is 53.5 Å². The predicted molar refractivity (Wildman–Crippen MR) is 137 cm³/mol. The lowest BCUT2D eigenvalue weighted by atomic mass is 9.96. The number of aryl methyl sites for hydroxylation is 1. The van der Waals surface area contributed by atoms with Gasteiger partial charge in [-0.2, -0.15) is 13.2 Å². The Morgan fingerprint density at radius 3 is 2.60 bits per heavy atom. The van der Waals surface area contributed by atoms with Crippen LogP contribution in [0.5, 0.6) is 5.75 Å². The molecule has 1 fully saturated rings. The van der Waals surface area contributed by atoms with Crippen molar-refractivity contribution in [1.29, 1.82) is 0 Å². The van der Waals surface area contributed by atoms with Gasteiger partial charge >= 0.3 is 6.18 Å². The van der Waals surface area contributed by atoms with Crippen molar-refractivity contribution in [3.8, 4) is 5.75 Å². The van der Waals surface area contributed by atoms with Crippen molar-refractivity contribution in [2.75, 3.05) is 32.8 Å². The van der Waals surface area contributed by atoms with E-state index in [1.807, 2.05) is 42.5 Å². The molecule has 35 heavy (non-hydrogen) atoms. The van der Waals surface area contributed by atoms with Gasteiger partial charge in [-0.15, -0.1) is 0 Å². The molecule has 0 bridgehead atoms. The largest absolute Gasteiger partial charge is 0.494 e. The quantitative estimate of drug-likeness (QED) is 0.207. The molecule has 0 saturated carbocycles. The minimum atomic E-state index is -4.05. The van der Waals surface area contributed by atoms with Crippen molar-refractivity contribution in [3.05, 3.63) is 59.2 Å². The number of benzene rings is 2. The van der Waals surface area contributed by atoms with Crippen molar-refractivity contribution >= 4 is 34.5 Å². The van der Waals surface area contributed by atoms with Crippen molar-refractivity contribution in [3.63, 3.8) is 0 Å². The number of halogens is 4. The van der Waals surface area contributed by atoms with Crippen molar-refractivity contribution in [2.24, 2.45) is 5.92 Å². The molecule has 2 N–H and O–H groups in total. The Balaban J connectivity index is 1.08. The Bertz CT molecular complexity index is 1070. The lowest BCUT2D eigenvalue weighted by Crippen LogP contribution is -2.39. The zero-order chi connectivity index (χ0) is 24.7. The summed E-state index contributed by atoms with van der Waals surface area (Å²) >= 11 is 7.72. The van der Waals surface area contributed by atoms with Gasteiger partial charge in [0.05, 0.1) is 12.5 Å². The number of likely N-dealkylation sites (tertiary alicyclic amines) is 1. The second-order valence-corrected chi connectivity index (χ2v) is 10.3. The van der Waals surface area contributed by atoms with Gasteiger partial charge in [0, 0.05) is 40.1 Å². The van der Waals surface area contributed by atoms with Crippen LogP contribution in [0.25, 0.3) is 10.9 Å². The highest BCUT2D eigenvalue weighted by Gasteiger charge is 2.40. The van der Waals surface area contributed by atoms with Crippen molar-refractivity contribution < 1.29 is 17.9 Å². The zero-order valence-electron chi connectivity index (χ0n) is 19.5. The first kappa shape index (κ1) is 26.2. The van der Waals surface area contributed by atoms with E-state index in [9.17, 15) is 13.2 Å². The number of hydrogen-bond donors (Lipinski definition) is 2. The van der Waals surface area contributed by atoms with Crippen LogP contribution in [0.1, 0.15) is 31.2 Å². The highest BCUT2D eigenvalue weighted by atomic mass is 35.5. The van der Waals surface area contributed by atoms with E-state index in [0.29, 0.717) is 19.7 Å². The maximum Gasteiger partial charge on any atom is 0.391 e. The molecule has 190 valence electrons. The molecule has 1 aliphatic rings. The molecule has 0 unspecified atom stereocenters. The molecule has 1 saturated heterocycles. The number of hydrogen-bond acceptors (Lipinski definition) is 4. The number of fused-ring (bicyclic) bond motifs is 1. The molecule has 0 atom stereocenters. The molecule has 3 aromatic rings. The average molecular weight is 526 g/mol. The van der Waals surface area contributed by atoms with Crippen LogP contribution in [0.2, 0.25) is 5.02 Å². The van der Waals surface area contributed by atoms with E-state index in [1.54, 1.807) is 11.9 Å². The molecule has 1 aliphatic heterocycles. The van der Waals surface area contributed by atoms with Crippen LogP contribution in [-0.4, -0.2) is 48.8 Å². The van der Waals surface area contributed by atoms with Gasteiger partial charge in [-0.25, -0.2) is 0 Å². The highest BCUT2D eigenvalue weighted by molar-refractivity contribution is 7.97. The van der Waals surface area contributed by atoms with E-state index in [2.05, 4.69) is 20.8 Å². The van der Waals surface area contributed by atoms with Gasteiger partial charge in [-0.3, -0.25) is 4.72 Å². The van der Waals surface area contributed by atoms with E-state index in [1.165, 1.54) is 10.9 Å². The van der Waals surface area contributed by atoms with Gasteiger partial charge in [0.1, 0.15) is 5.75 Å². The van der Waals surface area contributed by atoms with Crippen molar-refractivity contribution in [1.82, 2.24) is 14.6 Å². The third kappa shape index (κ3) is 7.81. The molecule has 4 rings (SSSR count). The zero-order valence-corrected chi connectivity index (χ0v) is 21.1. The van der Waals surface area contributed by atoms with Crippen LogP contribution in [-0.2, 0) is 6.42 Å². The predicted octanol–water partition coefficient (Wildman–Crippen LogP) is 7.09. The highest BCUT2D eigenvalue weighted by Crippen LogP contribution is 2.34. The average Bonchev–Trinajstić information content (AvgIpc) is 3.24. The van der Waals surface area contributed by atoms with E-state index in [4.69, 9.17) is 16.3 Å².